The summed E-state index contributed by atoms with van der Waals surface area (Å²) in [6.07, 6.45) is 4.01. The smallest absolute Gasteiger partial charge is 0.314 e. The Balaban J connectivity index is 2.48. The van der Waals surface area contributed by atoms with Gasteiger partial charge >= 0.3 is 5.97 Å². The Bertz CT molecular complexity index is 447. The first-order chi connectivity index (χ1) is 7.60. The van der Waals surface area contributed by atoms with Gasteiger partial charge in [0.25, 0.3) is 0 Å². The highest BCUT2D eigenvalue weighted by atomic mass is 79.9. The minimum absolute atomic E-state index is 0.626. The molecule has 1 aliphatic carbocycles. The Morgan fingerprint density at radius 2 is 2.25 bits per heavy atom. The molecule has 1 aliphatic rings. The molecule has 0 spiro atoms. The summed E-state index contributed by atoms with van der Waals surface area (Å²) in [6, 6.07) is 5.81. The molecular formula is C13H13BrO2. The molecule has 0 heterocycles. The maximum atomic E-state index is 11.3. The predicted molar refractivity (Wildman–Crippen MR) is 66.6 cm³/mol. The first kappa shape index (κ1) is 11.4. The van der Waals surface area contributed by atoms with Gasteiger partial charge in [-0.3, -0.25) is 4.79 Å². The van der Waals surface area contributed by atoms with Crippen molar-refractivity contribution in [3.8, 4) is 0 Å². The summed E-state index contributed by atoms with van der Waals surface area (Å²) in [6.45, 7) is 3.71. The Morgan fingerprint density at radius 3 is 2.75 bits per heavy atom. The molecule has 1 aromatic carbocycles. The zero-order valence-corrected chi connectivity index (χ0v) is 10.5. The third-order valence-electron chi connectivity index (χ3n) is 3.11. The van der Waals surface area contributed by atoms with E-state index in [9.17, 15) is 9.90 Å². The van der Waals surface area contributed by atoms with Gasteiger partial charge in [-0.15, -0.1) is 6.58 Å². The van der Waals surface area contributed by atoms with E-state index in [0.717, 1.165) is 28.4 Å². The summed E-state index contributed by atoms with van der Waals surface area (Å²) in [4.78, 5) is 11.3. The van der Waals surface area contributed by atoms with Crippen molar-refractivity contribution in [3.05, 3.63) is 46.5 Å². The van der Waals surface area contributed by atoms with Gasteiger partial charge in [-0.25, -0.2) is 0 Å². The SMILES string of the molecule is C=CCc1cc(Br)ccc1C1(C(=O)O)CC1. The van der Waals surface area contributed by atoms with E-state index in [1.807, 2.05) is 24.3 Å². The number of benzene rings is 1. The first-order valence-corrected chi connectivity index (χ1v) is 6.02. The number of hydrogen-bond acceptors (Lipinski definition) is 1. The molecule has 0 aromatic heterocycles. The Hall–Kier alpha value is -1.09. The molecule has 0 amide bonds. The molecule has 2 nitrogen and oxygen atoms in total. The van der Waals surface area contributed by atoms with Gasteiger partial charge in [0, 0.05) is 4.47 Å². The summed E-state index contributed by atoms with van der Waals surface area (Å²) in [5.74, 6) is -0.708. The van der Waals surface area contributed by atoms with Gasteiger partial charge in [-0.1, -0.05) is 28.1 Å². The molecule has 2 rings (SSSR count). The van der Waals surface area contributed by atoms with E-state index in [1.165, 1.54) is 0 Å². The monoisotopic (exact) mass is 280 g/mol. The van der Waals surface area contributed by atoms with Crippen LogP contribution in [0.2, 0.25) is 0 Å². The van der Waals surface area contributed by atoms with Gasteiger partial charge in [0.1, 0.15) is 0 Å². The van der Waals surface area contributed by atoms with E-state index in [0.29, 0.717) is 6.42 Å². The largest absolute Gasteiger partial charge is 0.481 e. The second-order valence-electron chi connectivity index (χ2n) is 4.18. The topological polar surface area (TPSA) is 37.3 Å². The molecule has 0 saturated heterocycles. The van der Waals surface area contributed by atoms with Crippen LogP contribution < -0.4 is 0 Å². The second kappa shape index (κ2) is 4.06. The van der Waals surface area contributed by atoms with Crippen LogP contribution in [0.25, 0.3) is 0 Å². The van der Waals surface area contributed by atoms with Crippen molar-refractivity contribution >= 4 is 21.9 Å². The van der Waals surface area contributed by atoms with Crippen LogP contribution in [0.5, 0.6) is 0 Å². The van der Waals surface area contributed by atoms with Crippen LogP contribution in [-0.2, 0) is 16.6 Å². The van der Waals surface area contributed by atoms with E-state index in [1.54, 1.807) is 0 Å². The first-order valence-electron chi connectivity index (χ1n) is 5.23. The fraction of sp³-hybridized carbons (Fsp3) is 0.308. The molecule has 0 unspecified atom stereocenters. The summed E-state index contributed by atoms with van der Waals surface area (Å²) in [5, 5.41) is 9.28. The van der Waals surface area contributed by atoms with Crippen LogP contribution in [0.4, 0.5) is 0 Å². The number of carboxylic acid groups (broad SMARTS) is 1. The molecule has 16 heavy (non-hydrogen) atoms. The van der Waals surface area contributed by atoms with Gasteiger partial charge in [-0.2, -0.15) is 0 Å². The zero-order valence-electron chi connectivity index (χ0n) is 8.87. The summed E-state index contributed by atoms with van der Waals surface area (Å²) < 4.78 is 0.981. The molecule has 1 aromatic rings. The Labute approximate surface area is 103 Å². The molecule has 0 bridgehead atoms. The van der Waals surface area contributed by atoms with Crippen LogP contribution in [-0.4, -0.2) is 11.1 Å². The maximum Gasteiger partial charge on any atom is 0.314 e. The van der Waals surface area contributed by atoms with Crippen molar-refractivity contribution in [1.82, 2.24) is 0 Å². The summed E-state index contributed by atoms with van der Waals surface area (Å²) in [5.41, 5.74) is 1.38. The second-order valence-corrected chi connectivity index (χ2v) is 5.10. The number of carboxylic acids is 1. The lowest BCUT2D eigenvalue weighted by atomic mass is 9.90. The van der Waals surface area contributed by atoms with Gasteiger partial charge in [0.15, 0.2) is 0 Å². The standard InChI is InChI=1S/C13H13BrO2/c1-2-3-9-8-10(14)4-5-11(9)13(6-7-13)12(15)16/h2,4-5,8H,1,3,6-7H2,(H,15,16). The Kier molecular flexibility index (Phi) is 2.89. The molecule has 0 atom stereocenters. The zero-order chi connectivity index (χ0) is 11.8. The van der Waals surface area contributed by atoms with Crippen molar-refractivity contribution in [2.24, 2.45) is 0 Å². The van der Waals surface area contributed by atoms with Gasteiger partial charge in [0.2, 0.25) is 0 Å². The quantitative estimate of drug-likeness (QED) is 0.860. The molecule has 1 saturated carbocycles. The highest BCUT2D eigenvalue weighted by molar-refractivity contribution is 9.10. The fourth-order valence-corrected chi connectivity index (χ4v) is 2.49. The normalized spacial score (nSPS) is 16.8. The molecule has 3 heteroatoms. The lowest BCUT2D eigenvalue weighted by Gasteiger charge is -2.15. The minimum Gasteiger partial charge on any atom is -0.481 e. The van der Waals surface area contributed by atoms with Crippen molar-refractivity contribution in [2.75, 3.05) is 0 Å². The molecule has 0 radical (unpaired) electrons. The van der Waals surface area contributed by atoms with Gasteiger partial charge < -0.3 is 5.11 Å². The summed E-state index contributed by atoms with van der Waals surface area (Å²) in [7, 11) is 0. The van der Waals surface area contributed by atoms with E-state index >= 15 is 0 Å². The highest BCUT2D eigenvalue weighted by Crippen LogP contribution is 2.50. The van der Waals surface area contributed by atoms with Crippen LogP contribution >= 0.6 is 15.9 Å². The highest BCUT2D eigenvalue weighted by Gasteiger charge is 2.52. The van der Waals surface area contributed by atoms with Crippen molar-refractivity contribution < 1.29 is 9.90 Å². The lowest BCUT2D eigenvalue weighted by Crippen LogP contribution is -2.21. The third kappa shape index (κ3) is 1.80. The molecule has 1 fully saturated rings. The molecular weight excluding hydrogens is 268 g/mol. The van der Waals surface area contributed by atoms with Crippen molar-refractivity contribution in [1.29, 1.82) is 0 Å². The van der Waals surface area contributed by atoms with Gasteiger partial charge in [-0.05, 0) is 42.5 Å². The van der Waals surface area contributed by atoms with Crippen molar-refractivity contribution in [3.63, 3.8) is 0 Å². The number of carbonyl (C=O) groups is 1. The number of hydrogen-bond donors (Lipinski definition) is 1. The maximum absolute atomic E-state index is 11.3. The number of allylic oxidation sites excluding steroid dienone is 1. The number of rotatable bonds is 4. The summed E-state index contributed by atoms with van der Waals surface area (Å²) >= 11 is 3.41. The fourth-order valence-electron chi connectivity index (χ4n) is 2.08. The molecule has 0 aliphatic heterocycles. The van der Waals surface area contributed by atoms with Crippen molar-refractivity contribution in [2.45, 2.75) is 24.7 Å². The van der Waals surface area contributed by atoms with Crippen LogP contribution in [0.3, 0.4) is 0 Å². The van der Waals surface area contributed by atoms with E-state index in [-0.39, 0.29) is 0 Å². The average molecular weight is 281 g/mol. The predicted octanol–water partition coefficient (Wildman–Crippen LogP) is 3.29. The molecule has 1 N–H and O–H groups in total. The number of aliphatic carboxylic acids is 1. The van der Waals surface area contributed by atoms with E-state index in [4.69, 9.17) is 0 Å². The van der Waals surface area contributed by atoms with Crippen LogP contribution in [0, 0.1) is 0 Å². The minimum atomic E-state index is -0.708. The average Bonchev–Trinajstić information content (AvgIpc) is 2.99. The number of halogens is 1. The van der Waals surface area contributed by atoms with Crippen LogP contribution in [0.15, 0.2) is 35.3 Å². The third-order valence-corrected chi connectivity index (χ3v) is 3.60. The van der Waals surface area contributed by atoms with E-state index < -0.39 is 11.4 Å². The lowest BCUT2D eigenvalue weighted by molar-refractivity contribution is -0.140. The Morgan fingerprint density at radius 1 is 1.56 bits per heavy atom. The van der Waals surface area contributed by atoms with Crippen LogP contribution in [0.1, 0.15) is 24.0 Å². The van der Waals surface area contributed by atoms with Gasteiger partial charge in [0.05, 0.1) is 5.41 Å². The van der Waals surface area contributed by atoms with E-state index in [2.05, 4.69) is 22.5 Å². The molecule has 84 valence electrons.